The average Bonchev–Trinajstić information content (AvgIpc) is 3.04. The Labute approximate surface area is 113 Å². The van der Waals surface area contributed by atoms with Crippen LogP contribution in [0.5, 0.6) is 0 Å². The number of rotatable bonds is 1. The van der Waals surface area contributed by atoms with Crippen LogP contribution in [0, 0.1) is 5.92 Å². The molecular weight excluding hydrogens is 244 g/mol. The second kappa shape index (κ2) is 4.16. The van der Waals surface area contributed by atoms with Crippen molar-refractivity contribution in [3.05, 3.63) is 23.3 Å². The molecule has 4 nitrogen and oxygen atoms in total. The highest BCUT2D eigenvalue weighted by atomic mass is 16.7. The summed E-state index contributed by atoms with van der Waals surface area (Å²) in [5, 5.41) is 0. The zero-order valence-electron chi connectivity index (χ0n) is 11.4. The summed E-state index contributed by atoms with van der Waals surface area (Å²) in [4.78, 5) is 0. The molecule has 0 aromatic heterocycles. The number of hydrogen-bond donors (Lipinski definition) is 0. The SMILES string of the molecule is CC1(C)OC[C@H]([C@@H]2C3=CCC=C3C[C@H]3OCO[C@@H]23)O1. The highest BCUT2D eigenvalue weighted by Gasteiger charge is 2.50. The van der Waals surface area contributed by atoms with Gasteiger partial charge >= 0.3 is 0 Å². The first kappa shape index (κ1) is 12.1. The quantitative estimate of drug-likeness (QED) is 0.727. The third-order valence-electron chi connectivity index (χ3n) is 4.55. The molecule has 1 saturated carbocycles. The molecule has 3 fully saturated rings. The molecule has 0 N–H and O–H groups in total. The van der Waals surface area contributed by atoms with E-state index in [4.69, 9.17) is 18.9 Å². The van der Waals surface area contributed by atoms with Gasteiger partial charge in [0.2, 0.25) is 0 Å². The van der Waals surface area contributed by atoms with Crippen LogP contribution in [-0.2, 0) is 18.9 Å². The second-order valence-corrected chi connectivity index (χ2v) is 6.18. The van der Waals surface area contributed by atoms with Gasteiger partial charge in [0.15, 0.2) is 5.79 Å². The molecular formula is C15H20O4. The lowest BCUT2D eigenvalue weighted by molar-refractivity contribution is -0.148. The molecule has 0 bridgehead atoms. The van der Waals surface area contributed by atoms with Gasteiger partial charge in [-0.25, -0.2) is 0 Å². The molecule has 0 radical (unpaired) electrons. The molecule has 0 spiro atoms. The third kappa shape index (κ3) is 1.89. The molecule has 19 heavy (non-hydrogen) atoms. The van der Waals surface area contributed by atoms with E-state index in [0.29, 0.717) is 13.4 Å². The minimum atomic E-state index is -0.486. The molecule has 0 aromatic rings. The predicted octanol–water partition coefficient (Wildman–Crippen LogP) is 2.16. The zero-order valence-corrected chi connectivity index (χ0v) is 11.4. The highest BCUT2D eigenvalue weighted by molar-refractivity contribution is 5.43. The smallest absolute Gasteiger partial charge is 0.163 e. The van der Waals surface area contributed by atoms with Crippen LogP contribution in [0.2, 0.25) is 0 Å². The number of allylic oxidation sites excluding steroid dienone is 2. The van der Waals surface area contributed by atoms with E-state index in [1.165, 1.54) is 11.1 Å². The molecule has 4 heteroatoms. The van der Waals surface area contributed by atoms with Gasteiger partial charge in [0, 0.05) is 12.3 Å². The summed E-state index contributed by atoms with van der Waals surface area (Å²) >= 11 is 0. The van der Waals surface area contributed by atoms with Gasteiger partial charge in [-0.05, 0) is 31.4 Å². The average molecular weight is 264 g/mol. The minimum absolute atomic E-state index is 0.0669. The molecule has 2 aliphatic heterocycles. The Morgan fingerprint density at radius 2 is 2.05 bits per heavy atom. The Morgan fingerprint density at radius 3 is 2.84 bits per heavy atom. The van der Waals surface area contributed by atoms with E-state index < -0.39 is 5.79 Å². The van der Waals surface area contributed by atoms with Gasteiger partial charge in [0.05, 0.1) is 24.9 Å². The molecule has 2 aliphatic carbocycles. The van der Waals surface area contributed by atoms with Crippen molar-refractivity contribution in [2.75, 3.05) is 13.4 Å². The van der Waals surface area contributed by atoms with E-state index in [-0.39, 0.29) is 24.2 Å². The van der Waals surface area contributed by atoms with Crippen molar-refractivity contribution in [3.63, 3.8) is 0 Å². The van der Waals surface area contributed by atoms with Crippen LogP contribution in [0.4, 0.5) is 0 Å². The summed E-state index contributed by atoms with van der Waals surface area (Å²) in [6.45, 7) is 4.98. The highest BCUT2D eigenvalue weighted by Crippen LogP contribution is 2.46. The van der Waals surface area contributed by atoms with Gasteiger partial charge < -0.3 is 18.9 Å². The van der Waals surface area contributed by atoms with Crippen LogP contribution < -0.4 is 0 Å². The number of hydrogen-bond acceptors (Lipinski definition) is 4. The van der Waals surface area contributed by atoms with Gasteiger partial charge in [-0.1, -0.05) is 12.2 Å². The van der Waals surface area contributed by atoms with Gasteiger partial charge in [0.1, 0.15) is 6.79 Å². The lowest BCUT2D eigenvalue weighted by atomic mass is 9.75. The first-order valence-electron chi connectivity index (χ1n) is 7.08. The lowest BCUT2D eigenvalue weighted by Crippen LogP contribution is -2.44. The van der Waals surface area contributed by atoms with Crippen molar-refractivity contribution in [2.45, 2.75) is 50.8 Å². The summed E-state index contributed by atoms with van der Waals surface area (Å²) < 4.78 is 23.4. The Balaban J connectivity index is 1.66. The molecule has 4 atom stereocenters. The lowest BCUT2D eigenvalue weighted by Gasteiger charge is -2.37. The summed E-state index contributed by atoms with van der Waals surface area (Å²) in [7, 11) is 0. The monoisotopic (exact) mass is 264 g/mol. The van der Waals surface area contributed by atoms with Crippen molar-refractivity contribution in [1.82, 2.24) is 0 Å². The summed E-state index contributed by atoms with van der Waals surface area (Å²) in [5.74, 6) is -0.239. The van der Waals surface area contributed by atoms with Crippen molar-refractivity contribution in [1.29, 1.82) is 0 Å². The topological polar surface area (TPSA) is 36.9 Å². The first-order chi connectivity index (χ1) is 9.14. The standard InChI is InChI=1S/C15H20O4/c1-15(2)18-7-12(19-15)13-10-5-3-4-9(10)6-11-14(13)17-8-16-11/h4-5,11-14H,3,6-8H2,1-2H3/t11-,12-,13+,14-/m1/s1. The maximum absolute atomic E-state index is 6.08. The normalized spacial score (nSPS) is 43.7. The van der Waals surface area contributed by atoms with E-state index in [9.17, 15) is 0 Å². The van der Waals surface area contributed by atoms with Gasteiger partial charge in [-0.3, -0.25) is 0 Å². The minimum Gasteiger partial charge on any atom is -0.349 e. The molecule has 104 valence electrons. The van der Waals surface area contributed by atoms with E-state index in [0.717, 1.165) is 12.8 Å². The molecule has 0 aromatic carbocycles. The maximum atomic E-state index is 6.08. The van der Waals surface area contributed by atoms with Crippen LogP contribution in [0.25, 0.3) is 0 Å². The summed E-state index contributed by atoms with van der Waals surface area (Å²) in [5.41, 5.74) is 2.82. The zero-order chi connectivity index (χ0) is 13.0. The number of fused-ring (bicyclic) bond motifs is 2. The summed E-state index contributed by atoms with van der Waals surface area (Å²) in [6, 6.07) is 0. The molecule has 0 amide bonds. The largest absolute Gasteiger partial charge is 0.349 e. The Kier molecular flexibility index (Phi) is 2.64. The van der Waals surface area contributed by atoms with E-state index in [1.807, 2.05) is 13.8 Å². The van der Waals surface area contributed by atoms with Crippen molar-refractivity contribution in [2.24, 2.45) is 5.92 Å². The molecule has 2 saturated heterocycles. The van der Waals surface area contributed by atoms with E-state index >= 15 is 0 Å². The maximum Gasteiger partial charge on any atom is 0.163 e. The van der Waals surface area contributed by atoms with E-state index in [2.05, 4.69) is 12.2 Å². The summed E-state index contributed by atoms with van der Waals surface area (Å²) in [6.07, 6.45) is 6.98. The van der Waals surface area contributed by atoms with Crippen molar-refractivity contribution < 1.29 is 18.9 Å². The fraction of sp³-hybridized carbons (Fsp3) is 0.733. The second-order valence-electron chi connectivity index (χ2n) is 6.18. The predicted molar refractivity (Wildman–Crippen MR) is 68.4 cm³/mol. The van der Waals surface area contributed by atoms with Crippen LogP contribution in [0.1, 0.15) is 26.7 Å². The Bertz CT molecular complexity index is 451. The van der Waals surface area contributed by atoms with Crippen molar-refractivity contribution >= 4 is 0 Å². The van der Waals surface area contributed by atoms with Gasteiger partial charge in [0.25, 0.3) is 0 Å². The fourth-order valence-corrected chi connectivity index (χ4v) is 3.74. The Morgan fingerprint density at radius 1 is 1.16 bits per heavy atom. The van der Waals surface area contributed by atoms with Crippen LogP contribution in [0.15, 0.2) is 23.3 Å². The first-order valence-corrected chi connectivity index (χ1v) is 7.08. The fourth-order valence-electron chi connectivity index (χ4n) is 3.74. The van der Waals surface area contributed by atoms with Gasteiger partial charge in [-0.15, -0.1) is 0 Å². The molecule has 0 unspecified atom stereocenters. The molecule has 2 heterocycles. The third-order valence-corrected chi connectivity index (χ3v) is 4.55. The molecule has 4 rings (SSSR count). The van der Waals surface area contributed by atoms with Gasteiger partial charge in [-0.2, -0.15) is 0 Å². The van der Waals surface area contributed by atoms with E-state index in [1.54, 1.807) is 0 Å². The van der Waals surface area contributed by atoms with Crippen LogP contribution in [0.3, 0.4) is 0 Å². The number of ether oxygens (including phenoxy) is 4. The molecule has 4 aliphatic rings. The van der Waals surface area contributed by atoms with Crippen LogP contribution in [-0.4, -0.2) is 37.5 Å². The van der Waals surface area contributed by atoms with Crippen molar-refractivity contribution in [3.8, 4) is 0 Å². The Hall–Kier alpha value is -0.680. The van der Waals surface area contributed by atoms with Crippen LogP contribution >= 0.6 is 0 Å².